The number of methoxy groups -OCH3 is 1. The Morgan fingerprint density at radius 2 is 1.64 bits per heavy atom. The lowest BCUT2D eigenvalue weighted by Gasteiger charge is -2.18. The molecule has 2 aromatic rings. The van der Waals surface area contributed by atoms with Crippen molar-refractivity contribution >= 4 is 53.9 Å². The van der Waals surface area contributed by atoms with Gasteiger partial charge < -0.3 is 29.7 Å². The Labute approximate surface area is 255 Å². The van der Waals surface area contributed by atoms with Crippen LogP contribution in [0.3, 0.4) is 0 Å². The van der Waals surface area contributed by atoms with Gasteiger partial charge in [0.25, 0.3) is 0 Å². The maximum Gasteiger partial charge on any atom is 0.226 e. The minimum absolute atomic E-state index is 0. The van der Waals surface area contributed by atoms with Crippen molar-refractivity contribution in [3.63, 3.8) is 0 Å². The molecule has 1 aliphatic rings. The van der Waals surface area contributed by atoms with Crippen LogP contribution in [0, 0.1) is 0 Å². The van der Waals surface area contributed by atoms with Gasteiger partial charge in [0, 0.05) is 45.9 Å². The summed E-state index contributed by atoms with van der Waals surface area (Å²) in [6.07, 6.45) is 2.17. The second-order valence-electron chi connectivity index (χ2n) is 9.30. The number of hydrogen-bond acceptors (Lipinski definition) is 6. The van der Waals surface area contributed by atoms with Crippen LogP contribution in [0.4, 0.5) is 0 Å². The third kappa shape index (κ3) is 12.9. The molecule has 0 saturated carbocycles. The average molecular weight is 625 g/mol. The second kappa shape index (κ2) is 19.9. The zero-order valence-corrected chi connectivity index (χ0v) is 25.8. The fourth-order valence-electron chi connectivity index (χ4n) is 4.24. The van der Waals surface area contributed by atoms with Crippen LogP contribution >= 0.6 is 48.0 Å². The van der Waals surface area contributed by atoms with E-state index in [1.807, 2.05) is 13.1 Å². The van der Waals surface area contributed by atoms with Gasteiger partial charge in [0.15, 0.2) is 0 Å². The molecule has 2 N–H and O–H groups in total. The second-order valence-corrected chi connectivity index (χ2v) is 10.1. The first kappa shape index (κ1) is 35.9. The highest BCUT2D eigenvalue weighted by Crippen LogP contribution is 2.24. The van der Waals surface area contributed by atoms with Gasteiger partial charge in [-0.15, -0.1) is 24.8 Å². The molecule has 0 radical (unpaired) electrons. The SMILES string of the molecule is COCCOCCOCCNC1CNC(c2ccc(CCN(C)C(=O)Cc3ccc(Cl)c(Cl)c3)cc2)C1.Cl.Cl. The number of halogens is 4. The smallest absolute Gasteiger partial charge is 0.226 e. The summed E-state index contributed by atoms with van der Waals surface area (Å²) in [6.45, 7) is 5.52. The summed E-state index contributed by atoms with van der Waals surface area (Å²) in [5.74, 6) is 0.0597. The van der Waals surface area contributed by atoms with Gasteiger partial charge in [0.05, 0.1) is 49.5 Å². The molecule has 1 aliphatic heterocycles. The minimum Gasteiger partial charge on any atom is -0.382 e. The van der Waals surface area contributed by atoms with Gasteiger partial charge >= 0.3 is 0 Å². The van der Waals surface area contributed by atoms with Crippen LogP contribution in [0.25, 0.3) is 0 Å². The van der Waals surface area contributed by atoms with Crippen LogP contribution in [0.15, 0.2) is 42.5 Å². The highest BCUT2D eigenvalue weighted by atomic mass is 35.5. The first-order chi connectivity index (χ1) is 18.0. The lowest BCUT2D eigenvalue weighted by molar-refractivity contribution is -0.129. The molecule has 2 unspecified atom stereocenters. The molecule has 220 valence electrons. The van der Waals surface area contributed by atoms with E-state index in [1.54, 1.807) is 24.1 Å². The monoisotopic (exact) mass is 623 g/mol. The number of likely N-dealkylation sites (N-methyl/N-ethyl adjacent to an activating group) is 1. The Kier molecular flexibility index (Phi) is 18.3. The normalized spacial score (nSPS) is 16.4. The number of rotatable bonds is 16. The van der Waals surface area contributed by atoms with Crippen molar-refractivity contribution in [2.45, 2.75) is 31.3 Å². The summed E-state index contributed by atoms with van der Waals surface area (Å²) in [4.78, 5) is 14.3. The van der Waals surface area contributed by atoms with Crippen molar-refractivity contribution in [3.8, 4) is 0 Å². The van der Waals surface area contributed by atoms with Gasteiger partial charge in [-0.1, -0.05) is 53.5 Å². The molecule has 39 heavy (non-hydrogen) atoms. The van der Waals surface area contributed by atoms with E-state index in [0.29, 0.717) is 68.1 Å². The largest absolute Gasteiger partial charge is 0.382 e. The van der Waals surface area contributed by atoms with Crippen LogP contribution in [0.1, 0.15) is 29.2 Å². The predicted molar refractivity (Wildman–Crippen MR) is 163 cm³/mol. The van der Waals surface area contributed by atoms with E-state index in [1.165, 1.54) is 11.1 Å². The van der Waals surface area contributed by atoms with Crippen LogP contribution in [0.2, 0.25) is 10.0 Å². The van der Waals surface area contributed by atoms with E-state index in [9.17, 15) is 4.79 Å². The predicted octanol–water partition coefficient (Wildman–Crippen LogP) is 4.75. The van der Waals surface area contributed by atoms with Gasteiger partial charge in [-0.25, -0.2) is 0 Å². The zero-order chi connectivity index (χ0) is 26.5. The fraction of sp³-hybridized carbons (Fsp3) is 0.536. The van der Waals surface area contributed by atoms with E-state index in [-0.39, 0.29) is 30.7 Å². The van der Waals surface area contributed by atoms with Gasteiger partial charge in [0.1, 0.15) is 0 Å². The maximum absolute atomic E-state index is 12.6. The number of carbonyl (C=O) groups is 1. The van der Waals surface area contributed by atoms with Crippen molar-refractivity contribution in [2.75, 3.05) is 66.8 Å². The lowest BCUT2D eigenvalue weighted by Crippen LogP contribution is -2.33. The molecule has 2 atom stereocenters. The third-order valence-corrected chi connectivity index (χ3v) is 7.24. The van der Waals surface area contributed by atoms with E-state index in [2.05, 4.69) is 34.9 Å². The van der Waals surface area contributed by atoms with E-state index in [0.717, 1.165) is 31.5 Å². The highest BCUT2D eigenvalue weighted by molar-refractivity contribution is 6.42. The molecule has 2 aromatic carbocycles. The number of ether oxygens (including phenoxy) is 3. The average Bonchev–Trinajstić information content (AvgIpc) is 3.37. The van der Waals surface area contributed by atoms with Crippen molar-refractivity contribution in [3.05, 3.63) is 69.2 Å². The topological polar surface area (TPSA) is 72.1 Å². The quantitative estimate of drug-likeness (QED) is 0.263. The molecule has 1 heterocycles. The molecule has 11 heteroatoms. The molecule has 1 fully saturated rings. The summed E-state index contributed by atoms with van der Waals surface area (Å²) < 4.78 is 15.9. The molecular weight excluding hydrogens is 584 g/mol. The number of amides is 1. The molecule has 0 spiro atoms. The van der Waals surface area contributed by atoms with Crippen LogP contribution in [-0.2, 0) is 31.8 Å². The Balaban J connectivity index is 0.00000380. The molecule has 0 aromatic heterocycles. The van der Waals surface area contributed by atoms with Crippen LogP contribution in [0.5, 0.6) is 0 Å². The van der Waals surface area contributed by atoms with Crippen LogP contribution < -0.4 is 10.6 Å². The Hall–Kier alpha value is -1.13. The minimum atomic E-state index is 0. The molecule has 0 aliphatic carbocycles. The number of hydrogen-bond donors (Lipinski definition) is 2. The van der Waals surface area contributed by atoms with Gasteiger partial charge in [-0.3, -0.25) is 4.79 Å². The molecular formula is C28H41Cl4N3O4. The van der Waals surface area contributed by atoms with Gasteiger partial charge in [-0.2, -0.15) is 0 Å². The number of nitrogens with one attached hydrogen (secondary N) is 2. The Bertz CT molecular complexity index is 968. The summed E-state index contributed by atoms with van der Waals surface area (Å²) in [6, 6.07) is 14.8. The Morgan fingerprint density at radius 3 is 2.33 bits per heavy atom. The van der Waals surface area contributed by atoms with E-state index < -0.39 is 0 Å². The summed E-state index contributed by atoms with van der Waals surface area (Å²) in [5.41, 5.74) is 3.37. The van der Waals surface area contributed by atoms with Gasteiger partial charge in [0.2, 0.25) is 5.91 Å². The van der Waals surface area contributed by atoms with Crippen molar-refractivity contribution < 1.29 is 19.0 Å². The molecule has 1 amide bonds. The summed E-state index contributed by atoms with van der Waals surface area (Å²) >= 11 is 12.0. The molecule has 7 nitrogen and oxygen atoms in total. The van der Waals surface area contributed by atoms with Crippen molar-refractivity contribution in [1.29, 1.82) is 0 Å². The van der Waals surface area contributed by atoms with E-state index in [4.69, 9.17) is 37.4 Å². The third-order valence-electron chi connectivity index (χ3n) is 6.50. The van der Waals surface area contributed by atoms with E-state index >= 15 is 0 Å². The number of benzene rings is 2. The van der Waals surface area contributed by atoms with Crippen LogP contribution in [-0.4, -0.2) is 83.7 Å². The first-order valence-corrected chi connectivity index (χ1v) is 13.6. The summed E-state index contributed by atoms with van der Waals surface area (Å²) in [7, 11) is 3.50. The molecule has 3 rings (SSSR count). The van der Waals surface area contributed by atoms with Gasteiger partial charge in [-0.05, 0) is 41.7 Å². The first-order valence-electron chi connectivity index (χ1n) is 12.8. The fourth-order valence-corrected chi connectivity index (χ4v) is 4.56. The molecule has 0 bridgehead atoms. The maximum atomic E-state index is 12.6. The number of nitrogens with zero attached hydrogens (tertiary/aromatic N) is 1. The summed E-state index contributed by atoms with van der Waals surface area (Å²) in [5, 5.41) is 8.15. The van der Waals surface area contributed by atoms with Crippen molar-refractivity contribution in [1.82, 2.24) is 15.5 Å². The lowest BCUT2D eigenvalue weighted by atomic mass is 10.0. The van der Waals surface area contributed by atoms with Crippen molar-refractivity contribution in [2.24, 2.45) is 0 Å². The highest BCUT2D eigenvalue weighted by Gasteiger charge is 2.24. The standard InChI is InChI=1S/C28H39Cl2N3O4.2ClH/c1-33(28(34)18-22-5-8-25(29)26(30)17-22)11-9-21-3-6-23(7-4-21)27-19-24(20-32-27)31-10-12-36-15-16-37-14-13-35-2;;/h3-8,17,24,27,31-32H,9-16,18-20H2,1-2H3;2*1H. The Morgan fingerprint density at radius 1 is 0.974 bits per heavy atom. The molecule has 1 saturated heterocycles. The number of carbonyl (C=O) groups excluding carboxylic acids is 1. The zero-order valence-electron chi connectivity index (χ0n) is 22.6.